The molecule has 1 heterocycles. The Morgan fingerprint density at radius 3 is 2.15 bits per heavy atom. The number of esters is 1. The quantitative estimate of drug-likeness (QED) is 0.235. The summed E-state index contributed by atoms with van der Waals surface area (Å²) in [6.45, 7) is 1.61. The van der Waals surface area contributed by atoms with E-state index in [2.05, 4.69) is 10.6 Å². The topological polar surface area (TPSA) is 157 Å². The first-order valence-corrected chi connectivity index (χ1v) is 13.3. The van der Waals surface area contributed by atoms with Gasteiger partial charge in [-0.1, -0.05) is 67.1 Å². The first-order chi connectivity index (χ1) is 18.9. The predicted molar refractivity (Wildman–Crippen MR) is 145 cm³/mol. The van der Waals surface area contributed by atoms with Gasteiger partial charge >= 0.3 is 18.0 Å². The fourth-order valence-corrected chi connectivity index (χ4v) is 3.85. The molecule has 0 unspecified atom stereocenters. The number of amides is 2. The number of ether oxygens (including phenoxy) is 2. The van der Waals surface area contributed by atoms with E-state index in [0.717, 1.165) is 36.8 Å². The number of aliphatic carboxylic acids is 1. The van der Waals surface area contributed by atoms with Crippen molar-refractivity contribution in [3.63, 3.8) is 0 Å². The minimum absolute atomic E-state index is 0.0193. The number of carbonyl (C=O) groups is 4. The lowest BCUT2D eigenvalue weighted by Gasteiger charge is -2.14. The van der Waals surface area contributed by atoms with E-state index < -0.39 is 18.1 Å². The average molecular weight is 542 g/mol. The van der Waals surface area contributed by atoms with Crippen LogP contribution in [-0.2, 0) is 37.1 Å². The van der Waals surface area contributed by atoms with Crippen LogP contribution in [0.4, 0.5) is 4.79 Å². The second-order valence-corrected chi connectivity index (χ2v) is 9.22. The maximum absolute atomic E-state index is 11.7. The number of carboxylic acids is 1. The molecular weight excluding hydrogens is 502 g/mol. The zero-order valence-corrected chi connectivity index (χ0v) is 22.2. The van der Waals surface area contributed by atoms with Gasteiger partial charge in [-0.25, -0.2) is 9.59 Å². The van der Waals surface area contributed by atoms with Crippen molar-refractivity contribution in [2.75, 3.05) is 13.1 Å². The van der Waals surface area contributed by atoms with E-state index in [1.807, 2.05) is 60.7 Å². The van der Waals surface area contributed by atoms with Crippen LogP contribution in [0, 0.1) is 5.92 Å². The Morgan fingerprint density at radius 2 is 1.56 bits per heavy atom. The lowest BCUT2D eigenvalue weighted by molar-refractivity contribution is -0.148. The molecular formula is C29H39N3O7. The summed E-state index contributed by atoms with van der Waals surface area (Å²) < 4.78 is 10.2. The molecule has 5 N–H and O–H groups in total. The van der Waals surface area contributed by atoms with Gasteiger partial charge in [-0.2, -0.15) is 0 Å². The molecule has 0 bridgehead atoms. The average Bonchev–Trinajstić information content (AvgIpc) is 3.15. The largest absolute Gasteiger partial charge is 0.480 e. The van der Waals surface area contributed by atoms with Gasteiger partial charge in [0.05, 0.1) is 6.42 Å². The van der Waals surface area contributed by atoms with Gasteiger partial charge in [-0.05, 0) is 49.8 Å². The van der Waals surface area contributed by atoms with Crippen molar-refractivity contribution in [2.24, 2.45) is 11.7 Å². The summed E-state index contributed by atoms with van der Waals surface area (Å²) in [4.78, 5) is 46.0. The Morgan fingerprint density at radius 1 is 0.949 bits per heavy atom. The summed E-state index contributed by atoms with van der Waals surface area (Å²) in [7, 11) is 0. The zero-order chi connectivity index (χ0) is 28.3. The Kier molecular flexibility index (Phi) is 14.7. The SMILES string of the molecule is NCCCC[C@@H](NC(=O)OCc1ccccc1)C(=O)O.O=C(C[C@@H]1CCCCNC1=O)OCc1ccccc1. The molecule has 3 rings (SSSR count). The third kappa shape index (κ3) is 13.4. The summed E-state index contributed by atoms with van der Waals surface area (Å²) in [6, 6.07) is 17.8. The molecule has 10 nitrogen and oxygen atoms in total. The molecule has 10 heteroatoms. The second-order valence-electron chi connectivity index (χ2n) is 9.22. The molecule has 2 atom stereocenters. The molecule has 2 amide bonds. The molecule has 212 valence electrons. The Hall–Kier alpha value is -3.92. The standard InChI is InChI=1S/C15H19NO3.C14H20N2O4/c17-14(19-11-12-6-2-1-3-7-12)10-13-8-4-5-9-16-15(13)18;15-9-5-4-8-12(13(17)18)16-14(19)20-10-11-6-2-1-3-7-11/h1-3,6-7,13H,4-5,8-11H2,(H,16,18);1-3,6-7,12H,4-5,8-10,15H2,(H,16,19)(H,17,18)/t13-;12-/m01/s1. The molecule has 2 aromatic carbocycles. The molecule has 2 aromatic rings. The molecule has 1 saturated heterocycles. The van der Waals surface area contributed by atoms with Crippen LogP contribution in [0.3, 0.4) is 0 Å². The van der Waals surface area contributed by atoms with Crippen molar-refractivity contribution in [3.8, 4) is 0 Å². The van der Waals surface area contributed by atoms with E-state index in [-0.39, 0.29) is 37.4 Å². The Bertz CT molecular complexity index is 1020. The summed E-state index contributed by atoms with van der Waals surface area (Å²) in [5, 5.41) is 14.2. The van der Waals surface area contributed by atoms with Crippen molar-refractivity contribution in [2.45, 2.75) is 64.2 Å². The number of hydrogen-bond donors (Lipinski definition) is 4. The summed E-state index contributed by atoms with van der Waals surface area (Å²) in [5.41, 5.74) is 7.15. The number of alkyl carbamates (subject to hydrolysis) is 1. The Labute approximate surface area is 229 Å². The maximum atomic E-state index is 11.7. The first kappa shape index (κ1) is 31.3. The molecule has 0 radical (unpaired) electrons. The van der Waals surface area contributed by atoms with Crippen LogP contribution in [0.1, 0.15) is 56.1 Å². The highest BCUT2D eigenvalue weighted by molar-refractivity contribution is 5.83. The fraction of sp³-hybridized carbons (Fsp3) is 0.448. The van der Waals surface area contributed by atoms with Gasteiger partial charge in [-0.15, -0.1) is 0 Å². The van der Waals surface area contributed by atoms with Gasteiger partial charge in [0.25, 0.3) is 0 Å². The molecule has 1 aliphatic heterocycles. The van der Waals surface area contributed by atoms with E-state index in [1.54, 1.807) is 0 Å². The fourth-order valence-electron chi connectivity index (χ4n) is 3.85. The van der Waals surface area contributed by atoms with Gasteiger partial charge in [0.15, 0.2) is 0 Å². The van der Waals surface area contributed by atoms with Crippen molar-refractivity contribution < 1.29 is 33.8 Å². The molecule has 0 aliphatic carbocycles. The number of carbonyl (C=O) groups excluding carboxylic acids is 3. The molecule has 0 spiro atoms. The van der Waals surface area contributed by atoms with Crippen LogP contribution < -0.4 is 16.4 Å². The minimum Gasteiger partial charge on any atom is -0.480 e. The summed E-state index contributed by atoms with van der Waals surface area (Å²) in [5.74, 6) is -1.62. The van der Waals surface area contributed by atoms with Crippen LogP contribution in [0.15, 0.2) is 60.7 Å². The van der Waals surface area contributed by atoms with Crippen LogP contribution in [0.25, 0.3) is 0 Å². The predicted octanol–water partition coefficient (Wildman–Crippen LogP) is 3.53. The van der Waals surface area contributed by atoms with E-state index in [4.69, 9.17) is 20.3 Å². The first-order valence-electron chi connectivity index (χ1n) is 13.3. The molecule has 1 aliphatic rings. The van der Waals surface area contributed by atoms with Crippen molar-refractivity contribution in [3.05, 3.63) is 71.8 Å². The van der Waals surface area contributed by atoms with E-state index in [0.29, 0.717) is 25.9 Å². The van der Waals surface area contributed by atoms with Gasteiger partial charge in [0, 0.05) is 12.5 Å². The third-order valence-corrected chi connectivity index (χ3v) is 6.05. The minimum atomic E-state index is -1.07. The van der Waals surface area contributed by atoms with E-state index >= 15 is 0 Å². The normalized spacial score (nSPS) is 15.4. The smallest absolute Gasteiger partial charge is 0.408 e. The second kappa shape index (κ2) is 18.4. The number of nitrogens with one attached hydrogen (secondary N) is 2. The number of unbranched alkanes of at least 4 members (excludes halogenated alkanes) is 1. The van der Waals surface area contributed by atoms with Crippen molar-refractivity contribution in [1.29, 1.82) is 0 Å². The van der Waals surface area contributed by atoms with Crippen LogP contribution in [-0.4, -0.2) is 48.2 Å². The number of rotatable bonds is 12. The molecule has 0 saturated carbocycles. The number of carboxylic acid groups (broad SMARTS) is 1. The van der Waals surface area contributed by atoms with Gasteiger partial charge in [-0.3, -0.25) is 9.59 Å². The van der Waals surface area contributed by atoms with E-state index in [1.165, 1.54) is 0 Å². The van der Waals surface area contributed by atoms with Gasteiger partial charge in [0.2, 0.25) is 5.91 Å². The highest BCUT2D eigenvalue weighted by Gasteiger charge is 2.24. The van der Waals surface area contributed by atoms with Crippen molar-refractivity contribution >= 4 is 23.9 Å². The third-order valence-electron chi connectivity index (χ3n) is 6.05. The Balaban J connectivity index is 0.000000274. The lowest BCUT2D eigenvalue weighted by Crippen LogP contribution is -2.41. The highest BCUT2D eigenvalue weighted by Crippen LogP contribution is 2.17. The van der Waals surface area contributed by atoms with Crippen LogP contribution >= 0.6 is 0 Å². The molecule has 1 fully saturated rings. The highest BCUT2D eigenvalue weighted by atomic mass is 16.5. The van der Waals surface area contributed by atoms with Gasteiger partial charge < -0.3 is 30.9 Å². The number of benzene rings is 2. The van der Waals surface area contributed by atoms with Gasteiger partial charge in [0.1, 0.15) is 19.3 Å². The zero-order valence-electron chi connectivity index (χ0n) is 22.2. The maximum Gasteiger partial charge on any atom is 0.408 e. The van der Waals surface area contributed by atoms with Crippen LogP contribution in [0.5, 0.6) is 0 Å². The number of hydrogen-bond acceptors (Lipinski definition) is 7. The van der Waals surface area contributed by atoms with Crippen molar-refractivity contribution in [1.82, 2.24) is 10.6 Å². The monoisotopic (exact) mass is 541 g/mol. The summed E-state index contributed by atoms with van der Waals surface area (Å²) in [6.07, 6.45) is 3.90. The molecule has 39 heavy (non-hydrogen) atoms. The van der Waals surface area contributed by atoms with Crippen LogP contribution in [0.2, 0.25) is 0 Å². The van der Waals surface area contributed by atoms with E-state index in [9.17, 15) is 19.2 Å². The lowest BCUT2D eigenvalue weighted by atomic mass is 9.99. The summed E-state index contributed by atoms with van der Waals surface area (Å²) >= 11 is 0. The number of nitrogens with two attached hydrogens (primary N) is 1. The molecule has 0 aromatic heterocycles.